The predicted octanol–water partition coefficient (Wildman–Crippen LogP) is 2.58. The number of hydrogen-bond donors (Lipinski definition) is 1. The lowest BCUT2D eigenvalue weighted by molar-refractivity contribution is 0.143. The molecule has 84 valence electrons. The highest BCUT2D eigenvalue weighted by atomic mass is 16.5. The van der Waals surface area contributed by atoms with E-state index in [1.54, 1.807) is 6.92 Å². The quantitative estimate of drug-likeness (QED) is 0.833. The van der Waals surface area contributed by atoms with E-state index in [0.29, 0.717) is 24.2 Å². The maximum atomic E-state index is 11.2. The molecular formula is C10H16N2O3. The number of aromatic nitrogens is 1. The number of aryl methyl sites for hydroxylation is 1. The molecule has 5 heteroatoms. The fourth-order valence-corrected chi connectivity index (χ4v) is 0.897. The Bertz CT molecular complexity index is 322. The summed E-state index contributed by atoms with van der Waals surface area (Å²) in [6.07, 6.45) is 1.86. The third kappa shape index (κ3) is 4.01. The molecule has 5 nitrogen and oxygen atoms in total. The van der Waals surface area contributed by atoms with E-state index < -0.39 is 6.09 Å². The van der Waals surface area contributed by atoms with Crippen molar-refractivity contribution in [3.8, 4) is 0 Å². The molecule has 0 unspecified atom stereocenters. The van der Waals surface area contributed by atoms with E-state index in [9.17, 15) is 4.79 Å². The first kappa shape index (κ1) is 11.6. The Balaban J connectivity index is 2.30. The first-order valence-electron chi connectivity index (χ1n) is 4.97. The average molecular weight is 212 g/mol. The van der Waals surface area contributed by atoms with Gasteiger partial charge in [0.1, 0.15) is 6.26 Å². The third-order valence-electron chi connectivity index (χ3n) is 2.05. The van der Waals surface area contributed by atoms with Crippen molar-refractivity contribution in [1.82, 2.24) is 4.98 Å². The van der Waals surface area contributed by atoms with Crippen molar-refractivity contribution in [3.63, 3.8) is 0 Å². The average Bonchev–Trinajstić information content (AvgIpc) is 2.60. The smallest absolute Gasteiger partial charge is 0.412 e. The monoisotopic (exact) mass is 212 g/mol. The molecule has 0 aliphatic rings. The third-order valence-corrected chi connectivity index (χ3v) is 2.05. The van der Waals surface area contributed by atoms with Crippen LogP contribution in [-0.2, 0) is 4.74 Å². The van der Waals surface area contributed by atoms with E-state index >= 15 is 0 Å². The van der Waals surface area contributed by atoms with Crippen LogP contribution in [0.15, 0.2) is 10.7 Å². The molecule has 15 heavy (non-hydrogen) atoms. The first-order valence-corrected chi connectivity index (χ1v) is 4.97. The van der Waals surface area contributed by atoms with Crippen LogP contribution in [-0.4, -0.2) is 17.7 Å². The van der Waals surface area contributed by atoms with Crippen molar-refractivity contribution in [2.24, 2.45) is 5.92 Å². The van der Waals surface area contributed by atoms with Gasteiger partial charge in [0, 0.05) is 6.92 Å². The second-order valence-corrected chi connectivity index (χ2v) is 3.49. The van der Waals surface area contributed by atoms with Gasteiger partial charge < -0.3 is 9.15 Å². The predicted molar refractivity (Wildman–Crippen MR) is 55.7 cm³/mol. The van der Waals surface area contributed by atoms with Gasteiger partial charge in [0.2, 0.25) is 0 Å². The van der Waals surface area contributed by atoms with E-state index in [4.69, 9.17) is 9.15 Å². The Kier molecular flexibility index (Phi) is 4.15. The molecule has 0 spiro atoms. The second-order valence-electron chi connectivity index (χ2n) is 3.49. The molecular weight excluding hydrogens is 196 g/mol. The summed E-state index contributed by atoms with van der Waals surface area (Å²) in [5.41, 5.74) is 0. The van der Waals surface area contributed by atoms with Crippen molar-refractivity contribution in [2.75, 3.05) is 11.9 Å². The van der Waals surface area contributed by atoms with Crippen molar-refractivity contribution in [1.29, 1.82) is 0 Å². The normalized spacial score (nSPS) is 12.2. The van der Waals surface area contributed by atoms with Crippen LogP contribution in [0.5, 0.6) is 0 Å². The Morgan fingerprint density at radius 1 is 1.73 bits per heavy atom. The molecule has 0 radical (unpaired) electrons. The lowest BCUT2D eigenvalue weighted by Crippen LogP contribution is -2.17. The highest BCUT2D eigenvalue weighted by Crippen LogP contribution is 2.07. The zero-order valence-corrected chi connectivity index (χ0v) is 9.24. The Morgan fingerprint density at radius 2 is 2.47 bits per heavy atom. The Labute approximate surface area is 88.8 Å². The maximum Gasteiger partial charge on any atom is 0.412 e. The fraction of sp³-hybridized carbons (Fsp3) is 0.600. The molecule has 0 bridgehead atoms. The topological polar surface area (TPSA) is 64.4 Å². The van der Waals surface area contributed by atoms with Crippen LogP contribution in [0.2, 0.25) is 0 Å². The van der Waals surface area contributed by atoms with Crippen LogP contribution in [0, 0.1) is 12.8 Å². The standard InChI is InChI=1S/C10H16N2O3/c1-4-7(2)5-15-10(13)12-9-6-14-8(3)11-9/h6-7H,4-5H2,1-3H3,(H,12,13)/t7-/m0/s1. The van der Waals surface area contributed by atoms with E-state index in [0.717, 1.165) is 6.42 Å². The van der Waals surface area contributed by atoms with Gasteiger partial charge in [-0.2, -0.15) is 4.98 Å². The van der Waals surface area contributed by atoms with E-state index in [-0.39, 0.29) is 0 Å². The van der Waals surface area contributed by atoms with Gasteiger partial charge >= 0.3 is 6.09 Å². The highest BCUT2D eigenvalue weighted by Gasteiger charge is 2.08. The van der Waals surface area contributed by atoms with Gasteiger partial charge in [-0.25, -0.2) is 4.79 Å². The molecule has 1 rings (SSSR count). The summed E-state index contributed by atoms with van der Waals surface area (Å²) in [5.74, 6) is 1.25. The first-order chi connectivity index (χ1) is 7.11. The molecule has 1 aromatic heterocycles. The molecule has 1 heterocycles. The summed E-state index contributed by atoms with van der Waals surface area (Å²) >= 11 is 0. The number of anilines is 1. The number of amides is 1. The molecule has 1 N–H and O–H groups in total. The molecule has 1 atom stereocenters. The zero-order valence-electron chi connectivity index (χ0n) is 9.24. The summed E-state index contributed by atoms with van der Waals surface area (Å²) in [7, 11) is 0. The van der Waals surface area contributed by atoms with Gasteiger partial charge in [0.15, 0.2) is 11.7 Å². The molecule has 0 aromatic carbocycles. The van der Waals surface area contributed by atoms with Crippen molar-refractivity contribution in [3.05, 3.63) is 12.2 Å². The summed E-state index contributed by atoms with van der Waals surface area (Å²) in [5, 5.41) is 2.48. The Morgan fingerprint density at radius 3 is 3.00 bits per heavy atom. The summed E-state index contributed by atoms with van der Waals surface area (Å²) in [6, 6.07) is 0. The molecule has 0 saturated heterocycles. The van der Waals surface area contributed by atoms with Gasteiger partial charge in [-0.15, -0.1) is 0 Å². The number of rotatable bonds is 4. The minimum Gasteiger partial charge on any atom is -0.449 e. The van der Waals surface area contributed by atoms with E-state index in [1.165, 1.54) is 6.26 Å². The molecule has 0 aliphatic heterocycles. The molecule has 1 amide bonds. The lowest BCUT2D eigenvalue weighted by Gasteiger charge is -2.08. The van der Waals surface area contributed by atoms with Crippen LogP contribution in [0.3, 0.4) is 0 Å². The summed E-state index contributed by atoms with van der Waals surface area (Å²) < 4.78 is 9.91. The number of nitrogens with zero attached hydrogens (tertiary/aromatic N) is 1. The number of oxazole rings is 1. The minimum absolute atomic E-state index is 0.370. The number of hydrogen-bond acceptors (Lipinski definition) is 4. The molecule has 1 aromatic rings. The minimum atomic E-state index is -0.497. The van der Waals surface area contributed by atoms with Crippen LogP contribution >= 0.6 is 0 Å². The van der Waals surface area contributed by atoms with Crippen LogP contribution in [0.4, 0.5) is 10.6 Å². The molecule has 0 saturated carbocycles. The molecule has 0 aliphatic carbocycles. The zero-order chi connectivity index (χ0) is 11.3. The van der Waals surface area contributed by atoms with Crippen molar-refractivity contribution >= 4 is 11.9 Å². The SMILES string of the molecule is CC[C@H](C)COC(=O)Nc1coc(C)n1. The number of ether oxygens (including phenoxy) is 1. The number of carbonyl (C=O) groups is 1. The highest BCUT2D eigenvalue weighted by molar-refractivity contribution is 5.82. The number of carbonyl (C=O) groups excluding carboxylic acids is 1. The van der Waals surface area contributed by atoms with Crippen molar-refractivity contribution < 1.29 is 13.9 Å². The second kappa shape index (κ2) is 5.38. The van der Waals surface area contributed by atoms with Gasteiger partial charge in [-0.1, -0.05) is 20.3 Å². The largest absolute Gasteiger partial charge is 0.449 e. The van der Waals surface area contributed by atoms with Gasteiger partial charge in [-0.3, -0.25) is 5.32 Å². The van der Waals surface area contributed by atoms with Gasteiger partial charge in [-0.05, 0) is 5.92 Å². The molecule has 0 fully saturated rings. The fourth-order valence-electron chi connectivity index (χ4n) is 0.897. The van der Waals surface area contributed by atoms with Crippen LogP contribution in [0.1, 0.15) is 26.2 Å². The van der Waals surface area contributed by atoms with E-state index in [2.05, 4.69) is 10.3 Å². The van der Waals surface area contributed by atoms with Crippen LogP contribution < -0.4 is 5.32 Å². The van der Waals surface area contributed by atoms with Gasteiger partial charge in [0.25, 0.3) is 0 Å². The maximum absolute atomic E-state index is 11.2. The number of nitrogens with one attached hydrogen (secondary N) is 1. The van der Waals surface area contributed by atoms with E-state index in [1.807, 2.05) is 13.8 Å². The van der Waals surface area contributed by atoms with Crippen LogP contribution in [0.25, 0.3) is 0 Å². The lowest BCUT2D eigenvalue weighted by atomic mass is 10.1. The summed E-state index contributed by atoms with van der Waals surface area (Å²) in [6.45, 7) is 6.19. The van der Waals surface area contributed by atoms with Gasteiger partial charge in [0.05, 0.1) is 6.61 Å². The Hall–Kier alpha value is -1.52. The van der Waals surface area contributed by atoms with Crippen molar-refractivity contribution in [2.45, 2.75) is 27.2 Å². The summed E-state index contributed by atoms with van der Waals surface area (Å²) in [4.78, 5) is 15.1.